The van der Waals surface area contributed by atoms with Crippen molar-refractivity contribution in [3.8, 4) is 0 Å². The van der Waals surface area contributed by atoms with Crippen molar-refractivity contribution in [3.05, 3.63) is 0 Å². The average Bonchev–Trinajstić information content (AvgIpc) is 2.49. The third-order valence-electron chi connectivity index (χ3n) is 1.56. The Kier molecular flexibility index (Phi) is 6.66. The maximum absolute atomic E-state index is 10.4. The number of carbonyl (C=O) groups is 2. The second-order valence-electron chi connectivity index (χ2n) is 3.25. The van der Waals surface area contributed by atoms with E-state index >= 15 is 0 Å². The molecule has 0 aromatic rings. The molecular weight excluding hydrogens is 234 g/mol. The lowest BCUT2D eigenvalue weighted by Gasteiger charge is -1.97. The zero-order valence-corrected chi connectivity index (χ0v) is 10.2. The smallest absolute Gasteiger partial charge is 0.321 e. The van der Waals surface area contributed by atoms with Crippen LogP contribution in [0.3, 0.4) is 0 Å². The zero-order chi connectivity index (χ0) is 12.6. The van der Waals surface area contributed by atoms with Gasteiger partial charge in [0.1, 0.15) is 0 Å². The summed E-state index contributed by atoms with van der Waals surface area (Å²) in [6, 6.07) is -0.398. The number of amides is 3. The fourth-order valence-corrected chi connectivity index (χ4v) is 1.33. The molecule has 0 saturated carbocycles. The number of rotatable bonds is 4. The quantitative estimate of drug-likeness (QED) is 0.447. The highest BCUT2D eigenvalue weighted by Gasteiger charge is 2.14. The lowest BCUT2D eigenvalue weighted by atomic mass is 10.3. The van der Waals surface area contributed by atoms with Gasteiger partial charge in [-0.15, -0.1) is 0 Å². The number of imide groups is 1. The first kappa shape index (κ1) is 14.8. The topological polar surface area (TPSA) is 104 Å². The molecule has 1 heterocycles. The van der Waals surface area contributed by atoms with Gasteiger partial charge in [0.2, 0.25) is 15.9 Å². The molecule has 3 N–H and O–H groups in total. The van der Waals surface area contributed by atoms with Gasteiger partial charge in [-0.25, -0.2) is 17.9 Å². The lowest BCUT2D eigenvalue weighted by molar-refractivity contribution is -0.117. The highest BCUT2D eigenvalue weighted by atomic mass is 32.2. The van der Waals surface area contributed by atoms with Gasteiger partial charge in [-0.1, -0.05) is 13.3 Å². The third-order valence-corrected chi connectivity index (χ3v) is 2.29. The number of hydrogen-bond donors (Lipinski definition) is 3. The highest BCUT2D eigenvalue weighted by molar-refractivity contribution is 7.88. The van der Waals surface area contributed by atoms with Crippen molar-refractivity contribution in [3.63, 3.8) is 0 Å². The Balaban J connectivity index is 0.000000288. The predicted octanol–water partition coefficient (Wildman–Crippen LogP) is -0.838. The maximum Gasteiger partial charge on any atom is 0.321 e. The van der Waals surface area contributed by atoms with Crippen molar-refractivity contribution in [2.24, 2.45) is 0 Å². The first-order chi connectivity index (χ1) is 7.35. The molecule has 8 heteroatoms. The van der Waals surface area contributed by atoms with E-state index < -0.39 is 16.1 Å². The third kappa shape index (κ3) is 9.41. The van der Waals surface area contributed by atoms with Crippen LogP contribution in [-0.2, 0) is 14.8 Å². The molecule has 0 atom stereocenters. The largest absolute Gasteiger partial charge is 0.329 e. The second-order valence-corrected chi connectivity index (χ2v) is 5.08. The Bertz CT molecular complexity index is 325. The van der Waals surface area contributed by atoms with Gasteiger partial charge >= 0.3 is 6.03 Å². The summed E-state index contributed by atoms with van der Waals surface area (Å²) in [5.74, 6) is -0.259. The number of unbranched alkanes of at least 4 members (excludes halogenated alkanes) is 1. The molecule has 1 aliphatic rings. The molecule has 1 saturated heterocycles. The lowest BCUT2D eigenvalue weighted by Crippen LogP contribution is -2.22. The SMILES string of the molecule is CCCCNS(C)(=O)=O.O=C1CNC(=O)N1. The summed E-state index contributed by atoms with van der Waals surface area (Å²) in [4.78, 5) is 20.1. The zero-order valence-electron chi connectivity index (χ0n) is 9.37. The Morgan fingerprint density at radius 2 is 2.00 bits per heavy atom. The van der Waals surface area contributed by atoms with Crippen molar-refractivity contribution in [1.82, 2.24) is 15.4 Å². The van der Waals surface area contributed by atoms with E-state index in [9.17, 15) is 18.0 Å². The molecule has 0 aromatic heterocycles. The molecule has 1 aliphatic heterocycles. The van der Waals surface area contributed by atoms with Crippen LogP contribution in [0.1, 0.15) is 19.8 Å². The summed E-state index contributed by atoms with van der Waals surface area (Å²) in [6.45, 7) is 2.71. The number of urea groups is 1. The minimum Gasteiger partial charge on any atom is -0.329 e. The molecule has 0 unspecified atom stereocenters. The fraction of sp³-hybridized carbons (Fsp3) is 0.750. The number of hydrogen-bond acceptors (Lipinski definition) is 4. The van der Waals surface area contributed by atoms with Crippen molar-refractivity contribution >= 4 is 22.0 Å². The summed E-state index contributed by atoms with van der Waals surface area (Å²) in [5, 5.41) is 4.30. The van der Waals surface area contributed by atoms with E-state index in [0.717, 1.165) is 12.8 Å². The van der Waals surface area contributed by atoms with Crippen LogP contribution >= 0.6 is 0 Å². The van der Waals surface area contributed by atoms with E-state index in [1.165, 1.54) is 6.26 Å². The Morgan fingerprint density at radius 3 is 2.25 bits per heavy atom. The van der Waals surface area contributed by atoms with Gasteiger partial charge in [-0.2, -0.15) is 0 Å². The van der Waals surface area contributed by atoms with Crippen molar-refractivity contribution in [2.45, 2.75) is 19.8 Å². The number of nitrogens with one attached hydrogen (secondary N) is 3. The second kappa shape index (κ2) is 7.18. The number of sulfonamides is 1. The molecule has 94 valence electrons. The first-order valence-corrected chi connectivity index (χ1v) is 6.76. The van der Waals surface area contributed by atoms with E-state index in [2.05, 4.69) is 10.0 Å². The maximum atomic E-state index is 10.4. The van der Waals surface area contributed by atoms with Crippen molar-refractivity contribution in [1.29, 1.82) is 0 Å². The summed E-state index contributed by atoms with van der Waals surface area (Å²) in [6.07, 6.45) is 3.10. The van der Waals surface area contributed by atoms with Crippen molar-refractivity contribution in [2.75, 3.05) is 19.3 Å². The van der Waals surface area contributed by atoms with Crippen LogP contribution in [0, 0.1) is 0 Å². The van der Waals surface area contributed by atoms with E-state index in [1.54, 1.807) is 0 Å². The van der Waals surface area contributed by atoms with Crippen LogP contribution < -0.4 is 15.4 Å². The molecule has 0 bridgehead atoms. The molecule has 0 aliphatic carbocycles. The van der Waals surface area contributed by atoms with Crippen LogP contribution in [0.5, 0.6) is 0 Å². The molecule has 7 nitrogen and oxygen atoms in total. The summed E-state index contributed by atoms with van der Waals surface area (Å²) < 4.78 is 23.2. The van der Waals surface area contributed by atoms with Gasteiger partial charge < -0.3 is 5.32 Å². The molecule has 1 rings (SSSR count). The van der Waals surface area contributed by atoms with Crippen LogP contribution in [0.25, 0.3) is 0 Å². The van der Waals surface area contributed by atoms with Gasteiger partial charge in [0.15, 0.2) is 0 Å². The molecule has 1 fully saturated rings. The Hall–Kier alpha value is -1.15. The van der Waals surface area contributed by atoms with E-state index in [1.807, 2.05) is 12.2 Å². The van der Waals surface area contributed by atoms with Gasteiger partial charge in [0.25, 0.3) is 0 Å². The molecule has 3 amide bonds. The minimum absolute atomic E-state index is 0.124. The average molecular weight is 251 g/mol. The highest BCUT2D eigenvalue weighted by Crippen LogP contribution is 1.83. The standard InChI is InChI=1S/C5H13NO2S.C3H4N2O2/c1-3-4-5-6-9(2,7)8;6-2-1-4-3(7)5-2/h6H,3-5H2,1-2H3;1H2,(H2,4,5,6,7). The monoisotopic (exact) mass is 251 g/mol. The van der Waals surface area contributed by atoms with E-state index in [4.69, 9.17) is 0 Å². The van der Waals surface area contributed by atoms with Gasteiger partial charge in [0, 0.05) is 6.54 Å². The molecule has 16 heavy (non-hydrogen) atoms. The normalized spacial score (nSPS) is 14.9. The van der Waals surface area contributed by atoms with Crippen molar-refractivity contribution < 1.29 is 18.0 Å². The fourth-order valence-electron chi connectivity index (χ4n) is 0.810. The van der Waals surface area contributed by atoms with Crippen LogP contribution in [0.15, 0.2) is 0 Å². The molecule has 0 aromatic carbocycles. The first-order valence-electron chi connectivity index (χ1n) is 4.87. The molecule has 0 spiro atoms. The van der Waals surface area contributed by atoms with Gasteiger partial charge in [0.05, 0.1) is 12.8 Å². The van der Waals surface area contributed by atoms with Gasteiger partial charge in [-0.3, -0.25) is 10.1 Å². The summed E-state index contributed by atoms with van der Waals surface area (Å²) in [7, 11) is -2.95. The summed E-state index contributed by atoms with van der Waals surface area (Å²) in [5.41, 5.74) is 0. The minimum atomic E-state index is -2.95. The predicted molar refractivity (Wildman–Crippen MR) is 59.3 cm³/mol. The van der Waals surface area contributed by atoms with Crippen LogP contribution in [0.4, 0.5) is 4.79 Å². The Morgan fingerprint density at radius 1 is 1.38 bits per heavy atom. The van der Waals surface area contributed by atoms with Crippen LogP contribution in [0.2, 0.25) is 0 Å². The van der Waals surface area contributed by atoms with E-state index in [0.29, 0.717) is 6.54 Å². The Labute approximate surface area is 95.0 Å². The van der Waals surface area contributed by atoms with Gasteiger partial charge in [-0.05, 0) is 6.42 Å². The van der Waals surface area contributed by atoms with E-state index in [-0.39, 0.29) is 12.5 Å². The molecule has 0 radical (unpaired) electrons. The summed E-state index contributed by atoms with van der Waals surface area (Å²) >= 11 is 0. The number of carbonyl (C=O) groups excluding carboxylic acids is 2. The molecular formula is C8H17N3O4S. The van der Waals surface area contributed by atoms with Crippen LogP contribution in [-0.4, -0.2) is 39.7 Å².